The Labute approximate surface area is 95.6 Å². The summed E-state index contributed by atoms with van der Waals surface area (Å²) in [6.07, 6.45) is 1.86. The first-order valence-corrected chi connectivity index (χ1v) is 5.73. The van der Waals surface area contributed by atoms with Crippen LogP contribution in [0.5, 0.6) is 0 Å². The quantitative estimate of drug-likeness (QED) is 0.838. The van der Waals surface area contributed by atoms with Crippen LogP contribution in [0.1, 0.15) is 18.4 Å². The number of hydrogen-bond donors (Lipinski definition) is 1. The molecule has 1 amide bonds. The first kappa shape index (κ1) is 11.7. The van der Waals surface area contributed by atoms with Gasteiger partial charge < -0.3 is 0 Å². The minimum atomic E-state index is -1.08. The summed E-state index contributed by atoms with van der Waals surface area (Å²) in [6, 6.07) is 0. The molecule has 1 aromatic rings. The highest BCUT2D eigenvalue weighted by molar-refractivity contribution is 7.15. The minimum absolute atomic E-state index is 0.435. The van der Waals surface area contributed by atoms with Crippen LogP contribution < -0.4 is 5.32 Å². The molecule has 0 aromatic carbocycles. The van der Waals surface area contributed by atoms with Gasteiger partial charge in [-0.2, -0.15) is 0 Å². The molecule has 0 saturated carbocycles. The van der Waals surface area contributed by atoms with Crippen molar-refractivity contribution in [2.24, 2.45) is 0 Å². The molecule has 1 N–H and O–H groups in total. The first-order chi connectivity index (χ1) is 6.63. The van der Waals surface area contributed by atoms with Crippen LogP contribution in [0, 0.1) is 0 Å². The number of halogens is 2. The summed E-state index contributed by atoms with van der Waals surface area (Å²) in [5, 5.41) is 11.5. The average molecular weight is 254 g/mol. The molecule has 0 unspecified atom stereocenters. The molecule has 4 nitrogen and oxygen atoms in total. The van der Waals surface area contributed by atoms with Crippen molar-refractivity contribution in [2.75, 3.05) is 5.32 Å². The third-order valence-corrected chi connectivity index (χ3v) is 2.65. The molecule has 0 bridgehead atoms. The standard InChI is InChI=1S/C7H9Cl2N3OS/c1-2-3-4-11-12-7(14-4)10-6(13)5(8)9/h5H,2-3H2,1H3,(H,10,12,13). The van der Waals surface area contributed by atoms with E-state index in [0.29, 0.717) is 5.13 Å². The van der Waals surface area contributed by atoms with Gasteiger partial charge in [0.1, 0.15) is 5.01 Å². The van der Waals surface area contributed by atoms with Crippen LogP contribution in [0.4, 0.5) is 5.13 Å². The van der Waals surface area contributed by atoms with Gasteiger partial charge in [-0.1, -0.05) is 41.5 Å². The Hall–Kier alpha value is -0.390. The number of rotatable bonds is 4. The summed E-state index contributed by atoms with van der Waals surface area (Å²) >= 11 is 12.0. The van der Waals surface area contributed by atoms with Crippen molar-refractivity contribution >= 4 is 45.6 Å². The number of aryl methyl sites for hydroxylation is 1. The molecule has 7 heteroatoms. The zero-order chi connectivity index (χ0) is 10.6. The Morgan fingerprint density at radius 2 is 2.29 bits per heavy atom. The van der Waals surface area contributed by atoms with Gasteiger partial charge >= 0.3 is 0 Å². The van der Waals surface area contributed by atoms with Crippen molar-refractivity contribution in [3.63, 3.8) is 0 Å². The van der Waals surface area contributed by atoms with Crippen molar-refractivity contribution in [2.45, 2.75) is 24.6 Å². The normalized spacial score (nSPS) is 10.6. The molecule has 0 aliphatic carbocycles. The van der Waals surface area contributed by atoms with Gasteiger partial charge in [0.15, 0.2) is 4.84 Å². The zero-order valence-electron chi connectivity index (χ0n) is 7.46. The second-order valence-corrected chi connectivity index (χ2v) is 4.70. The number of anilines is 1. The van der Waals surface area contributed by atoms with E-state index in [1.54, 1.807) is 0 Å². The molecule has 0 spiro atoms. The lowest BCUT2D eigenvalue weighted by Gasteiger charge is -1.98. The lowest BCUT2D eigenvalue weighted by Crippen LogP contribution is -2.18. The molecule has 0 radical (unpaired) electrons. The molecule has 14 heavy (non-hydrogen) atoms. The maximum Gasteiger partial charge on any atom is 0.259 e. The fraction of sp³-hybridized carbons (Fsp3) is 0.571. The molecule has 0 atom stereocenters. The van der Waals surface area contributed by atoms with Crippen LogP contribution in [-0.2, 0) is 11.2 Å². The van der Waals surface area contributed by atoms with Crippen LogP contribution in [0.25, 0.3) is 0 Å². The smallest absolute Gasteiger partial charge is 0.259 e. The van der Waals surface area contributed by atoms with Crippen LogP contribution in [-0.4, -0.2) is 20.9 Å². The van der Waals surface area contributed by atoms with E-state index < -0.39 is 10.7 Å². The van der Waals surface area contributed by atoms with E-state index in [1.165, 1.54) is 11.3 Å². The number of carbonyl (C=O) groups is 1. The predicted octanol–water partition coefficient (Wildman–Crippen LogP) is 2.23. The third-order valence-electron chi connectivity index (χ3n) is 1.36. The largest absolute Gasteiger partial charge is 0.298 e. The number of alkyl halides is 2. The van der Waals surface area contributed by atoms with E-state index in [1.807, 2.05) is 6.92 Å². The maximum atomic E-state index is 11.0. The Bertz CT molecular complexity index is 316. The van der Waals surface area contributed by atoms with Crippen molar-refractivity contribution in [3.8, 4) is 0 Å². The monoisotopic (exact) mass is 253 g/mol. The third kappa shape index (κ3) is 3.40. The van der Waals surface area contributed by atoms with Gasteiger partial charge in [-0.25, -0.2) is 0 Å². The zero-order valence-corrected chi connectivity index (χ0v) is 9.79. The Kier molecular flexibility index (Phi) is 4.57. The molecule has 0 fully saturated rings. The molecule has 0 aliphatic heterocycles. The van der Waals surface area contributed by atoms with Gasteiger partial charge in [0.25, 0.3) is 5.91 Å². The molecule has 1 rings (SSSR count). The van der Waals surface area contributed by atoms with E-state index in [-0.39, 0.29) is 0 Å². The lowest BCUT2D eigenvalue weighted by molar-refractivity contribution is -0.114. The summed E-state index contributed by atoms with van der Waals surface area (Å²) in [6.45, 7) is 2.05. The highest BCUT2D eigenvalue weighted by Crippen LogP contribution is 2.17. The molecular formula is C7H9Cl2N3OS. The lowest BCUT2D eigenvalue weighted by atomic mass is 10.4. The van der Waals surface area contributed by atoms with Crippen molar-refractivity contribution < 1.29 is 4.79 Å². The number of carbonyl (C=O) groups excluding carboxylic acids is 1. The second kappa shape index (κ2) is 5.48. The van der Waals surface area contributed by atoms with E-state index in [2.05, 4.69) is 15.5 Å². The van der Waals surface area contributed by atoms with Crippen LogP contribution >= 0.6 is 34.5 Å². The molecule has 0 aliphatic rings. The van der Waals surface area contributed by atoms with Gasteiger partial charge in [-0.3, -0.25) is 10.1 Å². The van der Waals surface area contributed by atoms with Crippen molar-refractivity contribution in [1.82, 2.24) is 10.2 Å². The van der Waals surface area contributed by atoms with Gasteiger partial charge in [0.05, 0.1) is 0 Å². The molecule has 1 heterocycles. The van der Waals surface area contributed by atoms with E-state index in [9.17, 15) is 4.79 Å². The number of nitrogens with one attached hydrogen (secondary N) is 1. The summed E-state index contributed by atoms with van der Waals surface area (Å²) in [5.41, 5.74) is 0. The topological polar surface area (TPSA) is 54.9 Å². The van der Waals surface area contributed by atoms with E-state index >= 15 is 0 Å². The van der Waals surface area contributed by atoms with Gasteiger partial charge in [0.2, 0.25) is 5.13 Å². The van der Waals surface area contributed by atoms with Crippen LogP contribution in [0.15, 0.2) is 0 Å². The van der Waals surface area contributed by atoms with Gasteiger partial charge in [-0.15, -0.1) is 10.2 Å². The van der Waals surface area contributed by atoms with Crippen molar-refractivity contribution in [1.29, 1.82) is 0 Å². The molecular weight excluding hydrogens is 245 g/mol. The first-order valence-electron chi connectivity index (χ1n) is 4.05. The SMILES string of the molecule is CCCc1nnc(NC(=O)C(Cl)Cl)s1. The summed E-state index contributed by atoms with van der Waals surface area (Å²) in [4.78, 5) is 9.97. The summed E-state index contributed by atoms with van der Waals surface area (Å²) < 4.78 is 0. The molecule has 1 aromatic heterocycles. The van der Waals surface area contributed by atoms with Gasteiger partial charge in [0, 0.05) is 6.42 Å². The van der Waals surface area contributed by atoms with Crippen LogP contribution in [0.2, 0.25) is 0 Å². The number of aromatic nitrogens is 2. The Balaban J connectivity index is 2.55. The second-order valence-electron chi connectivity index (χ2n) is 2.54. The van der Waals surface area contributed by atoms with E-state index in [0.717, 1.165) is 17.8 Å². The summed E-state index contributed by atoms with van der Waals surface area (Å²) in [5.74, 6) is -0.479. The Morgan fingerprint density at radius 1 is 1.57 bits per heavy atom. The molecule has 0 saturated heterocycles. The highest BCUT2D eigenvalue weighted by Gasteiger charge is 2.13. The number of nitrogens with zero attached hydrogens (tertiary/aromatic N) is 2. The minimum Gasteiger partial charge on any atom is -0.298 e. The predicted molar refractivity (Wildman–Crippen MR) is 58.0 cm³/mol. The number of amides is 1. The van der Waals surface area contributed by atoms with Gasteiger partial charge in [-0.05, 0) is 6.42 Å². The van der Waals surface area contributed by atoms with E-state index in [4.69, 9.17) is 23.2 Å². The fourth-order valence-electron chi connectivity index (χ4n) is 0.779. The molecule has 78 valence electrons. The van der Waals surface area contributed by atoms with Crippen LogP contribution in [0.3, 0.4) is 0 Å². The average Bonchev–Trinajstić information content (AvgIpc) is 2.53. The summed E-state index contributed by atoms with van der Waals surface area (Å²) in [7, 11) is 0. The number of hydrogen-bond acceptors (Lipinski definition) is 4. The maximum absolute atomic E-state index is 11.0. The Morgan fingerprint density at radius 3 is 2.86 bits per heavy atom. The van der Waals surface area contributed by atoms with Crippen molar-refractivity contribution in [3.05, 3.63) is 5.01 Å². The fourth-order valence-corrected chi connectivity index (χ4v) is 1.73. The highest BCUT2D eigenvalue weighted by atomic mass is 35.5.